The molecule has 0 aliphatic carbocycles. The number of methoxy groups -OCH3 is 1. The molecule has 2 heterocycles. The summed E-state index contributed by atoms with van der Waals surface area (Å²) in [6.07, 6.45) is 0. The Labute approximate surface area is 114 Å². The monoisotopic (exact) mass is 275 g/mol. The van der Waals surface area contributed by atoms with Gasteiger partial charge in [0.15, 0.2) is 11.3 Å². The molecule has 3 aromatic rings. The summed E-state index contributed by atoms with van der Waals surface area (Å²) in [7, 11) is 1.51. The van der Waals surface area contributed by atoms with Gasteiger partial charge < -0.3 is 14.9 Å². The summed E-state index contributed by atoms with van der Waals surface area (Å²) in [6.45, 7) is 0. The van der Waals surface area contributed by atoms with Crippen LogP contribution in [0.2, 0.25) is 5.02 Å². The fourth-order valence-electron chi connectivity index (χ4n) is 1.83. The van der Waals surface area contributed by atoms with Gasteiger partial charge in [-0.25, -0.2) is 4.98 Å². The number of anilines is 1. The van der Waals surface area contributed by atoms with E-state index in [1.54, 1.807) is 12.1 Å². The van der Waals surface area contributed by atoms with Gasteiger partial charge in [-0.15, -0.1) is 0 Å². The van der Waals surface area contributed by atoms with E-state index < -0.39 is 0 Å². The lowest BCUT2D eigenvalue weighted by molar-refractivity contribution is 0.397. The first-order valence-electron chi connectivity index (χ1n) is 5.54. The average molecular weight is 276 g/mol. The number of nitrogens with zero attached hydrogens (tertiary/aromatic N) is 2. The van der Waals surface area contributed by atoms with Gasteiger partial charge in [0.05, 0.1) is 12.1 Å². The van der Waals surface area contributed by atoms with Crippen LogP contribution >= 0.6 is 11.6 Å². The summed E-state index contributed by atoms with van der Waals surface area (Å²) >= 11 is 6.07. The number of ether oxygens (including phenoxy) is 1. The van der Waals surface area contributed by atoms with Crippen molar-refractivity contribution in [2.24, 2.45) is 0 Å². The minimum Gasteiger partial charge on any atom is -0.481 e. The van der Waals surface area contributed by atoms with Gasteiger partial charge in [-0.3, -0.25) is 0 Å². The van der Waals surface area contributed by atoms with E-state index in [2.05, 4.69) is 9.97 Å². The topological polar surface area (TPSA) is 74.2 Å². The summed E-state index contributed by atoms with van der Waals surface area (Å²) in [4.78, 5) is 8.05. The Hall–Kier alpha value is -2.27. The second-order valence-corrected chi connectivity index (χ2v) is 4.33. The zero-order valence-electron chi connectivity index (χ0n) is 10.1. The standard InChI is InChI=1S/C13H10ClN3O2/c1-18-11-6-9(16-13(15)17-11)10-5-7-3-2-4-8(14)12(7)19-10/h2-6H,1H3,(H2,15,16,17). The lowest BCUT2D eigenvalue weighted by Gasteiger charge is -2.02. The molecule has 2 N–H and O–H groups in total. The normalized spacial score (nSPS) is 10.8. The molecule has 0 saturated carbocycles. The predicted octanol–water partition coefficient (Wildman–Crippen LogP) is 3.13. The maximum absolute atomic E-state index is 6.07. The Bertz CT molecular complexity index is 755. The van der Waals surface area contributed by atoms with Crippen molar-refractivity contribution in [3.05, 3.63) is 35.4 Å². The third kappa shape index (κ3) is 2.08. The average Bonchev–Trinajstić information content (AvgIpc) is 2.83. The smallest absolute Gasteiger partial charge is 0.223 e. The van der Waals surface area contributed by atoms with Crippen LogP contribution in [0.15, 0.2) is 34.7 Å². The van der Waals surface area contributed by atoms with E-state index in [1.165, 1.54) is 7.11 Å². The zero-order valence-corrected chi connectivity index (χ0v) is 10.8. The van der Waals surface area contributed by atoms with Crippen LogP contribution in [0.3, 0.4) is 0 Å². The fourth-order valence-corrected chi connectivity index (χ4v) is 2.05. The van der Waals surface area contributed by atoms with Gasteiger partial charge in [0.2, 0.25) is 11.8 Å². The number of para-hydroxylation sites is 1. The molecule has 0 aliphatic heterocycles. The molecule has 0 atom stereocenters. The second kappa shape index (κ2) is 4.44. The van der Waals surface area contributed by atoms with Gasteiger partial charge in [-0.1, -0.05) is 23.7 Å². The molecule has 5 nitrogen and oxygen atoms in total. The number of furan rings is 1. The van der Waals surface area contributed by atoms with E-state index in [1.807, 2.05) is 18.2 Å². The summed E-state index contributed by atoms with van der Waals surface area (Å²) in [5.74, 6) is 1.07. The molecule has 0 bridgehead atoms. The van der Waals surface area contributed by atoms with Crippen molar-refractivity contribution in [1.82, 2.24) is 9.97 Å². The molecule has 6 heteroatoms. The SMILES string of the molecule is COc1cc(-c2cc3cccc(Cl)c3o2)nc(N)n1. The molecular weight excluding hydrogens is 266 g/mol. The largest absolute Gasteiger partial charge is 0.481 e. The number of halogens is 1. The van der Waals surface area contributed by atoms with Crippen LogP contribution in [0.5, 0.6) is 5.88 Å². The third-order valence-corrected chi connectivity index (χ3v) is 2.98. The number of rotatable bonds is 2. The highest BCUT2D eigenvalue weighted by Crippen LogP contribution is 2.32. The van der Waals surface area contributed by atoms with Crippen molar-refractivity contribution < 1.29 is 9.15 Å². The highest BCUT2D eigenvalue weighted by atomic mass is 35.5. The molecule has 2 aromatic heterocycles. The van der Waals surface area contributed by atoms with Gasteiger partial charge in [0.1, 0.15) is 5.69 Å². The Morgan fingerprint density at radius 1 is 1.26 bits per heavy atom. The van der Waals surface area contributed by atoms with Crippen molar-refractivity contribution in [3.8, 4) is 17.3 Å². The van der Waals surface area contributed by atoms with Crippen molar-refractivity contribution in [3.63, 3.8) is 0 Å². The lowest BCUT2D eigenvalue weighted by Crippen LogP contribution is -1.98. The quantitative estimate of drug-likeness (QED) is 0.778. The van der Waals surface area contributed by atoms with E-state index in [0.717, 1.165) is 5.39 Å². The molecule has 0 aliphatic rings. The molecule has 0 radical (unpaired) electrons. The van der Waals surface area contributed by atoms with E-state index in [0.29, 0.717) is 27.9 Å². The Morgan fingerprint density at radius 3 is 2.84 bits per heavy atom. The van der Waals surface area contributed by atoms with E-state index >= 15 is 0 Å². The van der Waals surface area contributed by atoms with Crippen LogP contribution in [0, 0.1) is 0 Å². The van der Waals surface area contributed by atoms with Gasteiger partial charge in [0, 0.05) is 11.5 Å². The number of hydrogen-bond acceptors (Lipinski definition) is 5. The molecule has 0 amide bonds. The molecule has 1 aromatic carbocycles. The predicted molar refractivity (Wildman–Crippen MR) is 73.2 cm³/mol. The Morgan fingerprint density at radius 2 is 2.11 bits per heavy atom. The fraction of sp³-hybridized carbons (Fsp3) is 0.0769. The number of benzene rings is 1. The zero-order chi connectivity index (χ0) is 13.4. The van der Waals surface area contributed by atoms with Crippen molar-refractivity contribution >= 4 is 28.5 Å². The van der Waals surface area contributed by atoms with Crippen LogP contribution in [-0.4, -0.2) is 17.1 Å². The molecule has 0 spiro atoms. The number of fused-ring (bicyclic) bond motifs is 1. The number of aromatic nitrogens is 2. The van der Waals surface area contributed by atoms with Crippen LogP contribution in [0.1, 0.15) is 0 Å². The summed E-state index contributed by atoms with van der Waals surface area (Å²) in [5, 5.41) is 1.45. The van der Waals surface area contributed by atoms with Crippen LogP contribution < -0.4 is 10.5 Å². The summed E-state index contributed by atoms with van der Waals surface area (Å²) in [6, 6.07) is 9.05. The van der Waals surface area contributed by atoms with Crippen molar-refractivity contribution in [1.29, 1.82) is 0 Å². The molecule has 0 unspecified atom stereocenters. The third-order valence-electron chi connectivity index (χ3n) is 2.68. The van der Waals surface area contributed by atoms with Crippen LogP contribution in [0.4, 0.5) is 5.95 Å². The maximum Gasteiger partial charge on any atom is 0.223 e. The van der Waals surface area contributed by atoms with Gasteiger partial charge in [0.25, 0.3) is 0 Å². The van der Waals surface area contributed by atoms with E-state index in [4.69, 9.17) is 26.5 Å². The molecule has 96 valence electrons. The number of nitrogen functional groups attached to an aromatic ring is 1. The molecule has 19 heavy (non-hydrogen) atoms. The van der Waals surface area contributed by atoms with Crippen LogP contribution in [0.25, 0.3) is 22.4 Å². The molecule has 0 fully saturated rings. The minimum absolute atomic E-state index is 0.126. The second-order valence-electron chi connectivity index (χ2n) is 3.92. The molecule has 0 saturated heterocycles. The molecular formula is C13H10ClN3O2. The lowest BCUT2D eigenvalue weighted by atomic mass is 10.2. The molecule has 3 rings (SSSR count). The van der Waals surface area contributed by atoms with E-state index in [9.17, 15) is 0 Å². The van der Waals surface area contributed by atoms with Crippen molar-refractivity contribution in [2.45, 2.75) is 0 Å². The number of hydrogen-bond donors (Lipinski definition) is 1. The highest BCUT2D eigenvalue weighted by Gasteiger charge is 2.12. The van der Waals surface area contributed by atoms with Crippen LogP contribution in [-0.2, 0) is 0 Å². The first-order chi connectivity index (χ1) is 9.17. The Balaban J connectivity index is 2.19. The van der Waals surface area contributed by atoms with E-state index in [-0.39, 0.29) is 5.95 Å². The first kappa shape index (κ1) is 11.8. The van der Waals surface area contributed by atoms with Crippen molar-refractivity contribution in [2.75, 3.05) is 12.8 Å². The van der Waals surface area contributed by atoms with Gasteiger partial charge >= 0.3 is 0 Å². The van der Waals surface area contributed by atoms with Gasteiger partial charge in [-0.2, -0.15) is 4.98 Å². The first-order valence-corrected chi connectivity index (χ1v) is 5.92. The summed E-state index contributed by atoms with van der Waals surface area (Å²) < 4.78 is 10.8. The van der Waals surface area contributed by atoms with Gasteiger partial charge in [-0.05, 0) is 12.1 Å². The Kier molecular flexibility index (Phi) is 2.76. The minimum atomic E-state index is 0.126. The highest BCUT2D eigenvalue weighted by molar-refractivity contribution is 6.34. The summed E-state index contributed by atoms with van der Waals surface area (Å²) in [5.41, 5.74) is 6.80. The number of nitrogens with two attached hydrogens (primary N) is 1. The maximum atomic E-state index is 6.07.